The molecular weight excluding hydrogens is 338 g/mol. The van der Waals surface area contributed by atoms with Crippen LogP contribution in [0.4, 0.5) is 0 Å². The molecule has 1 aliphatic carbocycles. The van der Waals surface area contributed by atoms with E-state index in [9.17, 15) is 9.59 Å². The van der Waals surface area contributed by atoms with E-state index in [1.807, 2.05) is 42.5 Å². The van der Waals surface area contributed by atoms with Crippen molar-refractivity contribution in [3.8, 4) is 11.1 Å². The van der Waals surface area contributed by atoms with Gasteiger partial charge in [-0.2, -0.15) is 0 Å². The van der Waals surface area contributed by atoms with Crippen molar-refractivity contribution in [2.75, 3.05) is 13.2 Å². The van der Waals surface area contributed by atoms with Crippen molar-refractivity contribution in [1.29, 1.82) is 0 Å². The topological polar surface area (TPSA) is 55.4 Å². The molecule has 1 aliphatic rings. The van der Waals surface area contributed by atoms with E-state index in [1.165, 1.54) is 32.1 Å². The van der Waals surface area contributed by atoms with Crippen molar-refractivity contribution >= 4 is 11.9 Å². The van der Waals surface area contributed by atoms with Crippen LogP contribution in [0.3, 0.4) is 0 Å². The molecule has 27 heavy (non-hydrogen) atoms. The molecule has 1 fully saturated rings. The highest BCUT2D eigenvalue weighted by Crippen LogP contribution is 2.22. The van der Waals surface area contributed by atoms with Crippen LogP contribution in [0.1, 0.15) is 37.7 Å². The molecule has 1 saturated carbocycles. The van der Waals surface area contributed by atoms with Crippen LogP contribution in [0.2, 0.25) is 0 Å². The third-order valence-corrected chi connectivity index (χ3v) is 5.09. The van der Waals surface area contributed by atoms with Crippen LogP contribution >= 0.6 is 0 Å². The molecule has 2 aromatic carbocycles. The molecule has 0 aromatic heterocycles. The minimum absolute atomic E-state index is 0.172. The third kappa shape index (κ3) is 6.24. The molecule has 4 heteroatoms. The largest absolute Gasteiger partial charge is 0.455 e. The van der Waals surface area contributed by atoms with E-state index in [2.05, 4.69) is 17.4 Å². The van der Waals surface area contributed by atoms with E-state index in [-0.39, 0.29) is 24.9 Å². The van der Waals surface area contributed by atoms with Crippen molar-refractivity contribution in [2.24, 2.45) is 5.92 Å². The number of nitrogens with one attached hydrogen (secondary N) is 1. The summed E-state index contributed by atoms with van der Waals surface area (Å²) in [5.74, 6) is -0.0230. The molecule has 1 amide bonds. The Morgan fingerprint density at radius 3 is 2.26 bits per heavy atom. The second kappa shape index (κ2) is 9.91. The van der Waals surface area contributed by atoms with Crippen LogP contribution in [-0.4, -0.2) is 25.0 Å². The lowest BCUT2D eigenvalue weighted by molar-refractivity contribution is -0.147. The first-order chi connectivity index (χ1) is 13.2. The van der Waals surface area contributed by atoms with Gasteiger partial charge in [0, 0.05) is 6.54 Å². The van der Waals surface area contributed by atoms with Crippen LogP contribution in [0.5, 0.6) is 0 Å². The molecular formula is C23H27NO3. The average molecular weight is 365 g/mol. The van der Waals surface area contributed by atoms with Crippen LogP contribution in [0, 0.1) is 5.92 Å². The Labute approximate surface area is 160 Å². The first kappa shape index (κ1) is 19.2. The minimum Gasteiger partial charge on any atom is -0.455 e. The molecule has 0 spiro atoms. The standard InChI is InChI=1S/C23H27NO3/c25-22(24-16-19-7-3-1-4-8-19)17-27-23(26)15-18-11-13-21(14-12-18)20-9-5-2-6-10-20/h2,5-6,9-14,19H,1,3-4,7-8,15-17H2,(H,24,25). The van der Waals surface area contributed by atoms with Crippen molar-refractivity contribution in [2.45, 2.75) is 38.5 Å². The summed E-state index contributed by atoms with van der Waals surface area (Å²) in [5.41, 5.74) is 3.12. The Morgan fingerprint density at radius 1 is 0.889 bits per heavy atom. The molecule has 0 bridgehead atoms. The molecule has 0 unspecified atom stereocenters. The van der Waals surface area contributed by atoms with Gasteiger partial charge in [0.05, 0.1) is 6.42 Å². The smallest absolute Gasteiger partial charge is 0.310 e. The maximum Gasteiger partial charge on any atom is 0.310 e. The molecule has 142 valence electrons. The molecule has 3 rings (SSSR count). The zero-order chi connectivity index (χ0) is 18.9. The lowest BCUT2D eigenvalue weighted by Gasteiger charge is -2.21. The molecule has 0 saturated heterocycles. The summed E-state index contributed by atoms with van der Waals surface area (Å²) in [5, 5.41) is 2.88. The SMILES string of the molecule is O=C(COC(=O)Cc1ccc(-c2ccccc2)cc1)NCC1CCCCC1. The number of ether oxygens (including phenoxy) is 1. The predicted octanol–water partition coefficient (Wildman–Crippen LogP) is 4.14. The normalized spacial score (nSPS) is 14.5. The van der Waals surface area contributed by atoms with E-state index in [4.69, 9.17) is 4.74 Å². The fourth-order valence-electron chi connectivity index (χ4n) is 3.51. The number of benzene rings is 2. The summed E-state index contributed by atoms with van der Waals surface area (Å²) in [4.78, 5) is 23.8. The van der Waals surface area contributed by atoms with Gasteiger partial charge in [0.15, 0.2) is 6.61 Å². The number of carbonyl (C=O) groups excluding carboxylic acids is 2. The molecule has 1 N–H and O–H groups in total. The molecule has 0 heterocycles. The Kier molecular flexibility index (Phi) is 7.03. The quantitative estimate of drug-likeness (QED) is 0.751. The highest BCUT2D eigenvalue weighted by Gasteiger charge is 2.15. The van der Waals surface area contributed by atoms with Gasteiger partial charge in [-0.3, -0.25) is 9.59 Å². The van der Waals surface area contributed by atoms with Gasteiger partial charge < -0.3 is 10.1 Å². The molecule has 2 aromatic rings. The zero-order valence-corrected chi connectivity index (χ0v) is 15.7. The van der Waals surface area contributed by atoms with Crippen molar-refractivity contribution in [1.82, 2.24) is 5.32 Å². The molecule has 0 radical (unpaired) electrons. The first-order valence-corrected chi connectivity index (χ1v) is 9.77. The van der Waals surface area contributed by atoms with Crippen LogP contribution in [0.15, 0.2) is 54.6 Å². The number of carbonyl (C=O) groups is 2. The predicted molar refractivity (Wildman–Crippen MR) is 106 cm³/mol. The van der Waals surface area contributed by atoms with Crippen LogP contribution in [-0.2, 0) is 20.7 Å². The molecule has 0 atom stereocenters. The maximum atomic E-state index is 12.0. The van der Waals surface area contributed by atoms with Gasteiger partial charge >= 0.3 is 5.97 Å². The fourth-order valence-corrected chi connectivity index (χ4v) is 3.51. The van der Waals surface area contributed by atoms with Gasteiger partial charge in [-0.25, -0.2) is 0 Å². The number of hydrogen-bond acceptors (Lipinski definition) is 3. The Bertz CT molecular complexity index is 734. The summed E-state index contributed by atoms with van der Waals surface area (Å²) < 4.78 is 5.11. The van der Waals surface area contributed by atoms with Crippen LogP contribution in [0.25, 0.3) is 11.1 Å². The van der Waals surface area contributed by atoms with Crippen molar-refractivity contribution < 1.29 is 14.3 Å². The summed E-state index contributed by atoms with van der Waals surface area (Å²) in [7, 11) is 0. The Hall–Kier alpha value is -2.62. The fraction of sp³-hybridized carbons (Fsp3) is 0.391. The molecule has 4 nitrogen and oxygen atoms in total. The first-order valence-electron chi connectivity index (χ1n) is 9.77. The van der Waals surface area contributed by atoms with Crippen molar-refractivity contribution in [3.63, 3.8) is 0 Å². The van der Waals surface area contributed by atoms with E-state index < -0.39 is 0 Å². The number of esters is 1. The second-order valence-corrected chi connectivity index (χ2v) is 7.21. The van der Waals surface area contributed by atoms with E-state index in [0.29, 0.717) is 12.5 Å². The summed E-state index contributed by atoms with van der Waals surface area (Å²) in [6, 6.07) is 17.9. The number of amides is 1. The van der Waals surface area contributed by atoms with E-state index in [0.717, 1.165) is 16.7 Å². The summed E-state index contributed by atoms with van der Waals surface area (Å²) >= 11 is 0. The lowest BCUT2D eigenvalue weighted by atomic mass is 9.89. The third-order valence-electron chi connectivity index (χ3n) is 5.09. The second-order valence-electron chi connectivity index (χ2n) is 7.21. The van der Waals surface area contributed by atoms with Gasteiger partial charge in [0.2, 0.25) is 0 Å². The van der Waals surface area contributed by atoms with Crippen LogP contribution < -0.4 is 5.32 Å². The Balaban J connectivity index is 1.39. The minimum atomic E-state index is -0.379. The summed E-state index contributed by atoms with van der Waals surface area (Å²) in [6.07, 6.45) is 6.33. The van der Waals surface area contributed by atoms with Gasteiger partial charge in [-0.05, 0) is 35.4 Å². The van der Waals surface area contributed by atoms with Gasteiger partial charge in [-0.15, -0.1) is 0 Å². The van der Waals surface area contributed by atoms with Gasteiger partial charge in [0.1, 0.15) is 0 Å². The monoisotopic (exact) mass is 365 g/mol. The number of hydrogen-bond donors (Lipinski definition) is 1. The molecule has 0 aliphatic heterocycles. The average Bonchev–Trinajstić information content (AvgIpc) is 2.73. The number of rotatable bonds is 7. The van der Waals surface area contributed by atoms with Gasteiger partial charge in [0.25, 0.3) is 5.91 Å². The highest BCUT2D eigenvalue weighted by atomic mass is 16.5. The van der Waals surface area contributed by atoms with Gasteiger partial charge in [-0.1, -0.05) is 73.9 Å². The van der Waals surface area contributed by atoms with E-state index in [1.54, 1.807) is 0 Å². The summed E-state index contributed by atoms with van der Waals surface area (Å²) in [6.45, 7) is 0.491. The highest BCUT2D eigenvalue weighted by molar-refractivity contribution is 5.81. The zero-order valence-electron chi connectivity index (χ0n) is 15.7. The Morgan fingerprint density at radius 2 is 1.56 bits per heavy atom. The van der Waals surface area contributed by atoms with E-state index >= 15 is 0 Å². The lowest BCUT2D eigenvalue weighted by Crippen LogP contribution is -2.33. The maximum absolute atomic E-state index is 12.0. The van der Waals surface area contributed by atoms with Crippen molar-refractivity contribution in [3.05, 3.63) is 60.2 Å².